The van der Waals surface area contributed by atoms with Gasteiger partial charge in [0.05, 0.1) is 6.61 Å². The average molecular weight is 471 g/mol. The van der Waals surface area contributed by atoms with Gasteiger partial charge in [-0.05, 0) is 55.0 Å². The predicted molar refractivity (Wildman–Crippen MR) is 122 cm³/mol. The minimum Gasteiger partial charge on any atom is -0.490 e. The molecule has 0 spiro atoms. The molecule has 0 radical (unpaired) electrons. The highest BCUT2D eigenvalue weighted by Crippen LogP contribution is 2.35. The van der Waals surface area contributed by atoms with E-state index >= 15 is 0 Å². The molecule has 0 fully saturated rings. The Morgan fingerprint density at radius 2 is 1.38 bits per heavy atom. The Morgan fingerprint density at radius 1 is 0.724 bits per heavy atom. The van der Waals surface area contributed by atoms with Crippen molar-refractivity contribution in [3.8, 4) is 11.5 Å². The Hall–Kier alpha value is -1.78. The topological polar surface area (TPSA) is 30.5 Å². The van der Waals surface area contributed by atoms with Crippen molar-refractivity contribution in [3.05, 3.63) is 85.8 Å². The first-order valence-corrected chi connectivity index (χ1v) is 10.5. The number of ether oxygens (including phenoxy) is 2. The molecule has 1 N–H and O–H groups in total. The number of hydrogen-bond donors (Lipinski definition) is 1. The van der Waals surface area contributed by atoms with E-state index in [0.717, 1.165) is 16.8 Å². The Kier molecular flexibility index (Phi) is 7.79. The zero-order valence-electron chi connectivity index (χ0n) is 15.6. The number of halogens is 4. The van der Waals surface area contributed by atoms with E-state index in [1.165, 1.54) is 0 Å². The van der Waals surface area contributed by atoms with Crippen LogP contribution in [-0.4, -0.2) is 6.61 Å². The third-order valence-corrected chi connectivity index (χ3v) is 5.33. The minimum atomic E-state index is 0.273. The third-order valence-electron chi connectivity index (χ3n) is 4.14. The van der Waals surface area contributed by atoms with Gasteiger partial charge in [-0.2, -0.15) is 0 Å². The van der Waals surface area contributed by atoms with Gasteiger partial charge < -0.3 is 14.8 Å². The summed E-state index contributed by atoms with van der Waals surface area (Å²) in [6.45, 7) is 3.22. The number of nitrogens with one attached hydrogen (secondary N) is 1. The van der Waals surface area contributed by atoms with Gasteiger partial charge in [0.25, 0.3) is 0 Å². The molecule has 0 aromatic heterocycles. The van der Waals surface area contributed by atoms with E-state index in [2.05, 4.69) is 5.32 Å². The van der Waals surface area contributed by atoms with Crippen molar-refractivity contribution in [2.45, 2.75) is 20.1 Å². The van der Waals surface area contributed by atoms with Crippen LogP contribution in [0.5, 0.6) is 11.5 Å². The number of rotatable bonds is 8. The van der Waals surface area contributed by atoms with Gasteiger partial charge in [0.1, 0.15) is 6.61 Å². The fourth-order valence-corrected chi connectivity index (χ4v) is 3.46. The van der Waals surface area contributed by atoms with Gasteiger partial charge in [0, 0.05) is 44.0 Å². The molecule has 0 unspecified atom stereocenters. The van der Waals surface area contributed by atoms with E-state index in [9.17, 15) is 0 Å². The zero-order valence-corrected chi connectivity index (χ0v) is 18.7. The fourth-order valence-electron chi connectivity index (χ4n) is 2.65. The van der Waals surface area contributed by atoms with E-state index in [0.29, 0.717) is 44.7 Å². The predicted octanol–water partition coefficient (Wildman–Crippen LogP) is 7.89. The Morgan fingerprint density at radius 3 is 2.07 bits per heavy atom. The van der Waals surface area contributed by atoms with Crippen LogP contribution in [0.15, 0.2) is 54.6 Å². The monoisotopic (exact) mass is 469 g/mol. The van der Waals surface area contributed by atoms with Gasteiger partial charge in [-0.25, -0.2) is 0 Å². The minimum absolute atomic E-state index is 0.273. The molecule has 3 nitrogen and oxygen atoms in total. The van der Waals surface area contributed by atoms with Crippen LogP contribution in [0, 0.1) is 0 Å². The summed E-state index contributed by atoms with van der Waals surface area (Å²) in [6.07, 6.45) is 0. The number of anilines is 1. The van der Waals surface area contributed by atoms with Crippen LogP contribution < -0.4 is 14.8 Å². The summed E-state index contributed by atoms with van der Waals surface area (Å²) in [6, 6.07) is 16.4. The molecule has 152 valence electrons. The molecule has 0 saturated carbocycles. The molecule has 0 bridgehead atoms. The fraction of sp³-hybridized carbons (Fsp3) is 0.182. The van der Waals surface area contributed by atoms with Crippen molar-refractivity contribution < 1.29 is 9.47 Å². The molecule has 7 heteroatoms. The lowest BCUT2D eigenvalue weighted by Crippen LogP contribution is -2.04. The lowest BCUT2D eigenvalue weighted by Gasteiger charge is -2.16. The van der Waals surface area contributed by atoms with Crippen LogP contribution in [0.4, 0.5) is 5.69 Å². The second-order valence-corrected chi connectivity index (χ2v) is 7.90. The van der Waals surface area contributed by atoms with E-state index in [1.807, 2.05) is 43.3 Å². The number of hydrogen-bond acceptors (Lipinski definition) is 3. The summed E-state index contributed by atoms with van der Waals surface area (Å²) in [5.41, 5.74) is 2.66. The van der Waals surface area contributed by atoms with Gasteiger partial charge in [-0.3, -0.25) is 0 Å². The molecule has 0 heterocycles. The molecular formula is C22H19Cl4NO2. The van der Waals surface area contributed by atoms with Gasteiger partial charge in [-0.1, -0.05) is 52.5 Å². The molecule has 3 rings (SSSR count). The van der Waals surface area contributed by atoms with E-state index in [-0.39, 0.29) is 6.61 Å². The Bertz CT molecular complexity index is 977. The highest BCUT2D eigenvalue weighted by atomic mass is 35.5. The van der Waals surface area contributed by atoms with Crippen molar-refractivity contribution in [1.29, 1.82) is 0 Å². The summed E-state index contributed by atoms with van der Waals surface area (Å²) < 4.78 is 11.7. The lowest BCUT2D eigenvalue weighted by molar-refractivity contribution is 0.269. The first-order chi connectivity index (χ1) is 14.0. The van der Waals surface area contributed by atoms with Crippen LogP contribution >= 0.6 is 46.4 Å². The zero-order chi connectivity index (χ0) is 20.8. The van der Waals surface area contributed by atoms with Crippen LogP contribution in [0.1, 0.15) is 18.1 Å². The van der Waals surface area contributed by atoms with Crippen molar-refractivity contribution in [2.75, 3.05) is 11.9 Å². The van der Waals surface area contributed by atoms with Crippen LogP contribution in [0.25, 0.3) is 0 Å². The highest BCUT2D eigenvalue weighted by molar-refractivity contribution is 6.35. The maximum absolute atomic E-state index is 6.49. The van der Waals surface area contributed by atoms with Crippen molar-refractivity contribution in [3.63, 3.8) is 0 Å². The first-order valence-electron chi connectivity index (χ1n) is 8.97. The molecule has 0 aliphatic carbocycles. The molecule has 0 amide bonds. The molecule has 0 atom stereocenters. The Balaban J connectivity index is 1.75. The molecule has 3 aromatic rings. The Labute approximate surface area is 190 Å². The van der Waals surface area contributed by atoms with Crippen LogP contribution in [-0.2, 0) is 13.2 Å². The van der Waals surface area contributed by atoms with E-state index in [4.69, 9.17) is 55.9 Å². The van der Waals surface area contributed by atoms with E-state index < -0.39 is 0 Å². The van der Waals surface area contributed by atoms with Gasteiger partial charge >= 0.3 is 0 Å². The normalized spacial score (nSPS) is 10.7. The molecule has 29 heavy (non-hydrogen) atoms. The molecule has 0 aliphatic rings. The van der Waals surface area contributed by atoms with Crippen LogP contribution in [0.3, 0.4) is 0 Å². The SMILES string of the molecule is CCOc1cc(CNc2ccc(Cl)cc2)c(Cl)cc1OCc1ccc(Cl)cc1Cl. The summed E-state index contributed by atoms with van der Waals surface area (Å²) in [7, 11) is 0. The second-order valence-electron chi connectivity index (χ2n) is 6.21. The van der Waals surface area contributed by atoms with Gasteiger partial charge in [0.2, 0.25) is 0 Å². The average Bonchev–Trinajstić information content (AvgIpc) is 2.69. The third kappa shape index (κ3) is 6.10. The molecule has 0 aliphatic heterocycles. The quantitative estimate of drug-likeness (QED) is 0.363. The van der Waals surface area contributed by atoms with Crippen LogP contribution in [0.2, 0.25) is 20.1 Å². The molecule has 0 saturated heterocycles. The maximum Gasteiger partial charge on any atom is 0.163 e. The highest BCUT2D eigenvalue weighted by Gasteiger charge is 2.12. The second kappa shape index (κ2) is 10.3. The van der Waals surface area contributed by atoms with Gasteiger partial charge in [-0.15, -0.1) is 0 Å². The lowest BCUT2D eigenvalue weighted by atomic mass is 10.2. The van der Waals surface area contributed by atoms with Crippen molar-refractivity contribution in [2.24, 2.45) is 0 Å². The summed E-state index contributed by atoms with van der Waals surface area (Å²) in [5.74, 6) is 1.17. The smallest absolute Gasteiger partial charge is 0.163 e. The van der Waals surface area contributed by atoms with Crippen molar-refractivity contribution in [1.82, 2.24) is 0 Å². The maximum atomic E-state index is 6.49. The van der Waals surface area contributed by atoms with Crippen molar-refractivity contribution >= 4 is 52.1 Å². The summed E-state index contributed by atoms with van der Waals surface area (Å²) >= 11 is 24.6. The molecular weight excluding hydrogens is 452 g/mol. The first kappa shape index (κ1) is 21.9. The standard InChI is InChI=1S/C22H19Cl4NO2/c1-2-28-21-9-15(12-27-18-7-5-16(23)6-8-18)20(26)11-22(21)29-13-14-3-4-17(24)10-19(14)25/h3-11,27H,2,12-13H2,1H3. The van der Waals surface area contributed by atoms with E-state index in [1.54, 1.807) is 18.2 Å². The largest absolute Gasteiger partial charge is 0.490 e. The molecule has 3 aromatic carbocycles. The van der Waals surface area contributed by atoms with Gasteiger partial charge in [0.15, 0.2) is 11.5 Å². The summed E-state index contributed by atoms with van der Waals surface area (Å²) in [4.78, 5) is 0. The summed E-state index contributed by atoms with van der Waals surface area (Å²) in [5, 5.41) is 5.71. The number of benzene rings is 3.